The van der Waals surface area contributed by atoms with Gasteiger partial charge in [-0.25, -0.2) is 19.5 Å². The summed E-state index contributed by atoms with van der Waals surface area (Å²) in [5, 5.41) is 14.0. The Morgan fingerprint density at radius 1 is 0.761 bits per heavy atom. The first-order chi connectivity index (χ1) is 34.5. The predicted octanol–water partition coefficient (Wildman–Crippen LogP) is 4.76. The number of likely N-dealkylation sites (tertiary alicyclic amines) is 1. The molecule has 6 aromatic rings. The average Bonchev–Trinajstić information content (AvgIpc) is 3.82. The number of carbonyl (C=O) groups is 4. The van der Waals surface area contributed by atoms with E-state index in [1.807, 2.05) is 42.2 Å². The van der Waals surface area contributed by atoms with Crippen molar-refractivity contribution in [3.63, 3.8) is 0 Å². The monoisotopic (exact) mass is 965 g/mol. The molecule has 18 heteroatoms. The number of aryl methyl sites for hydroxylation is 2. The topological polar surface area (TPSA) is 193 Å². The number of nitrogens with one attached hydrogen (secondary N) is 3. The summed E-state index contributed by atoms with van der Waals surface area (Å²) in [5.74, 6) is 0.0862. The van der Waals surface area contributed by atoms with E-state index in [9.17, 15) is 24.0 Å². The number of H-pyrrole nitrogens is 1. The average molecular weight is 966 g/mol. The molecule has 6 heterocycles. The van der Waals surface area contributed by atoms with Gasteiger partial charge in [0.1, 0.15) is 11.6 Å². The van der Waals surface area contributed by atoms with Crippen LogP contribution in [0.15, 0.2) is 94.4 Å². The molecule has 4 amide bonds. The number of fused-ring (bicyclic) bond motifs is 1. The number of piperidine rings is 1. The first kappa shape index (κ1) is 48.9. The third-order valence-corrected chi connectivity index (χ3v) is 13.8. The van der Waals surface area contributed by atoms with Crippen molar-refractivity contribution in [3.05, 3.63) is 141 Å². The largest absolute Gasteiger partial charge is 0.445 e. The minimum Gasteiger partial charge on any atom is -0.445 e. The number of amides is 4. The third-order valence-electron chi connectivity index (χ3n) is 13.8. The number of hydrogen-bond donors (Lipinski definition) is 3. The van der Waals surface area contributed by atoms with Crippen LogP contribution in [0.3, 0.4) is 0 Å². The molecular weight excluding hydrogens is 906 g/mol. The van der Waals surface area contributed by atoms with E-state index in [0.717, 1.165) is 63.1 Å². The minimum absolute atomic E-state index is 0.0127. The molecule has 71 heavy (non-hydrogen) atoms. The van der Waals surface area contributed by atoms with Crippen molar-refractivity contribution < 1.29 is 28.0 Å². The Hall–Kier alpha value is -7.15. The molecule has 9 rings (SSSR count). The van der Waals surface area contributed by atoms with Gasteiger partial charge in [-0.05, 0) is 86.1 Å². The van der Waals surface area contributed by atoms with Crippen molar-refractivity contribution in [3.8, 4) is 11.1 Å². The number of nitrogens with zero attached hydrogens (tertiary/aromatic N) is 8. The van der Waals surface area contributed by atoms with Gasteiger partial charge in [0.2, 0.25) is 17.7 Å². The fourth-order valence-electron chi connectivity index (χ4n) is 9.76. The molecule has 3 fully saturated rings. The van der Waals surface area contributed by atoms with Crippen molar-refractivity contribution in [2.45, 2.75) is 46.1 Å². The molecule has 0 bridgehead atoms. The number of anilines is 1. The summed E-state index contributed by atoms with van der Waals surface area (Å²) in [6.45, 7) is 10.9. The van der Waals surface area contributed by atoms with Gasteiger partial charge in [0, 0.05) is 82.5 Å². The summed E-state index contributed by atoms with van der Waals surface area (Å²) in [7, 11) is 0. The zero-order valence-corrected chi connectivity index (χ0v) is 40.3. The molecule has 0 aliphatic carbocycles. The first-order valence-corrected chi connectivity index (χ1v) is 24.5. The molecule has 0 radical (unpaired) electrons. The maximum Gasteiger partial charge on any atom is 0.274 e. The Morgan fingerprint density at radius 3 is 2.24 bits per heavy atom. The van der Waals surface area contributed by atoms with Gasteiger partial charge < -0.3 is 24.4 Å². The van der Waals surface area contributed by atoms with E-state index in [1.54, 1.807) is 46.5 Å². The number of pyridine rings is 1. The molecule has 0 atom stereocenters. The van der Waals surface area contributed by atoms with Crippen LogP contribution in [0.1, 0.15) is 69.1 Å². The van der Waals surface area contributed by atoms with Crippen LogP contribution in [0, 0.1) is 18.7 Å². The van der Waals surface area contributed by atoms with Crippen LogP contribution in [0.2, 0.25) is 0 Å². The summed E-state index contributed by atoms with van der Waals surface area (Å²) in [5.41, 5.74) is 4.48. The second-order valence-corrected chi connectivity index (χ2v) is 18.7. The highest BCUT2D eigenvalue weighted by Crippen LogP contribution is 2.28. The fourth-order valence-corrected chi connectivity index (χ4v) is 9.76. The molecule has 3 aromatic heterocycles. The summed E-state index contributed by atoms with van der Waals surface area (Å²) in [6.07, 6.45) is 6.42. The number of halogens is 1. The zero-order chi connectivity index (χ0) is 49.4. The number of aromatic amines is 1. The summed E-state index contributed by atoms with van der Waals surface area (Å²) >= 11 is 0. The number of carbonyl (C=O) groups excluding carboxylic acids is 4. The van der Waals surface area contributed by atoms with E-state index in [4.69, 9.17) is 4.42 Å². The van der Waals surface area contributed by atoms with Crippen LogP contribution in [0.4, 0.5) is 10.1 Å². The van der Waals surface area contributed by atoms with Gasteiger partial charge in [-0.3, -0.25) is 39.1 Å². The van der Waals surface area contributed by atoms with Crippen LogP contribution in [-0.4, -0.2) is 153 Å². The lowest BCUT2D eigenvalue weighted by Crippen LogP contribution is -2.53. The molecule has 17 nitrogen and oxygen atoms in total. The van der Waals surface area contributed by atoms with Gasteiger partial charge >= 0.3 is 0 Å². The second kappa shape index (κ2) is 22.3. The van der Waals surface area contributed by atoms with Crippen molar-refractivity contribution in [1.82, 2.24) is 50.0 Å². The maximum atomic E-state index is 15.1. The van der Waals surface area contributed by atoms with Gasteiger partial charge in [0.15, 0.2) is 5.69 Å². The molecular formula is C53H60FN11O6. The van der Waals surface area contributed by atoms with Crippen LogP contribution < -0.4 is 16.2 Å². The SMILES string of the molecule is CCc1cccc(-c2cnc(C(=O)N3CCN(CC4CCN(CC(=O)N5CCN(C(=O)c6cc(Cc7n[nH]c(=O)c8ccccc78)ccc6F)CC5)CC4)CC3)c(NC(=O)CNCc3ncc(C)o3)c2)c1. The van der Waals surface area contributed by atoms with Gasteiger partial charge in [-0.2, -0.15) is 5.10 Å². The lowest BCUT2D eigenvalue weighted by Gasteiger charge is -2.39. The molecule has 0 saturated carbocycles. The molecule has 3 aliphatic heterocycles. The molecule has 0 unspecified atom stereocenters. The van der Waals surface area contributed by atoms with Gasteiger partial charge in [-0.1, -0.05) is 55.5 Å². The van der Waals surface area contributed by atoms with Crippen LogP contribution in [0.5, 0.6) is 0 Å². The summed E-state index contributed by atoms with van der Waals surface area (Å²) in [6, 6.07) is 21.6. The van der Waals surface area contributed by atoms with Crippen molar-refractivity contribution in [2.24, 2.45) is 5.92 Å². The van der Waals surface area contributed by atoms with E-state index in [1.165, 1.54) is 11.6 Å². The van der Waals surface area contributed by atoms with Gasteiger partial charge in [-0.15, -0.1) is 0 Å². The van der Waals surface area contributed by atoms with Crippen LogP contribution in [-0.2, 0) is 29.0 Å². The lowest BCUT2D eigenvalue weighted by molar-refractivity contribution is -0.134. The molecule has 3 aromatic carbocycles. The highest BCUT2D eigenvalue weighted by atomic mass is 19.1. The molecule has 370 valence electrons. The maximum absolute atomic E-state index is 15.1. The number of rotatable bonds is 15. The summed E-state index contributed by atoms with van der Waals surface area (Å²) < 4.78 is 20.6. The van der Waals surface area contributed by atoms with E-state index >= 15 is 4.39 Å². The highest BCUT2D eigenvalue weighted by molar-refractivity contribution is 6.03. The van der Waals surface area contributed by atoms with E-state index in [2.05, 4.69) is 59.7 Å². The number of aromatic nitrogens is 4. The standard InChI is InChI=1S/C53H60FN11O6/c1-3-36-7-6-8-39(25-36)40-28-46(58-47(66)31-55-32-48-56-29-35(2)71-48)50(57-30-40)53(70)65-19-17-62(18-20-65)33-37-13-15-61(16-14-37)34-49(67)63-21-23-64(24-22-63)52(69)43-26-38(11-12-44(43)54)27-45-41-9-4-5-10-42(41)51(68)60-59-45/h4-12,25-26,28-30,37,55H,3,13-24,27,31-34H2,1-2H3,(H,58,66)(H,60,68). The van der Waals surface area contributed by atoms with Crippen molar-refractivity contribution >= 4 is 40.1 Å². The molecule has 3 N–H and O–H groups in total. The number of hydrogen-bond acceptors (Lipinski definition) is 12. The summed E-state index contributed by atoms with van der Waals surface area (Å²) in [4.78, 5) is 85.3. The number of piperazine rings is 2. The second-order valence-electron chi connectivity index (χ2n) is 18.7. The number of oxazole rings is 1. The predicted molar refractivity (Wildman–Crippen MR) is 266 cm³/mol. The fraction of sp³-hybridized carbons (Fsp3) is 0.396. The first-order valence-electron chi connectivity index (χ1n) is 24.5. The normalized spacial score (nSPS) is 16.1. The Labute approximate surface area is 411 Å². The Morgan fingerprint density at radius 2 is 1.49 bits per heavy atom. The molecule has 3 aliphatic rings. The highest BCUT2D eigenvalue weighted by Gasteiger charge is 2.31. The van der Waals surface area contributed by atoms with Crippen LogP contribution >= 0.6 is 0 Å². The van der Waals surface area contributed by atoms with Crippen molar-refractivity contribution in [1.29, 1.82) is 0 Å². The van der Waals surface area contributed by atoms with Gasteiger partial charge in [0.05, 0.1) is 48.2 Å². The van der Waals surface area contributed by atoms with Crippen molar-refractivity contribution in [2.75, 3.05) is 90.4 Å². The smallest absolute Gasteiger partial charge is 0.274 e. The van der Waals surface area contributed by atoms with Gasteiger partial charge in [0.25, 0.3) is 17.4 Å². The Bertz CT molecular complexity index is 2950. The van der Waals surface area contributed by atoms with E-state index in [-0.39, 0.29) is 47.6 Å². The number of benzene rings is 3. The van der Waals surface area contributed by atoms with E-state index < -0.39 is 11.7 Å². The molecule has 0 spiro atoms. The Kier molecular flexibility index (Phi) is 15.3. The van der Waals surface area contributed by atoms with Crippen LogP contribution in [0.25, 0.3) is 21.9 Å². The lowest BCUT2D eigenvalue weighted by atomic mass is 9.96. The Balaban J connectivity index is 0.721. The van der Waals surface area contributed by atoms with E-state index in [0.29, 0.717) is 97.5 Å². The third kappa shape index (κ3) is 11.9. The quantitative estimate of drug-likeness (QED) is 0.128. The molecule has 3 saturated heterocycles. The minimum atomic E-state index is -0.612. The zero-order valence-electron chi connectivity index (χ0n) is 40.3.